The van der Waals surface area contributed by atoms with Gasteiger partial charge in [0.2, 0.25) is 5.91 Å². The summed E-state index contributed by atoms with van der Waals surface area (Å²) in [5, 5.41) is 3.27. The first-order valence-corrected chi connectivity index (χ1v) is 12.5. The van der Waals surface area contributed by atoms with E-state index < -0.39 is 5.97 Å². The molecule has 0 spiro atoms. The maximum absolute atomic E-state index is 12.7. The largest absolute Gasteiger partial charge is 0.462 e. The minimum absolute atomic E-state index is 0.0788. The van der Waals surface area contributed by atoms with Crippen LogP contribution >= 0.6 is 47.1 Å². The van der Waals surface area contributed by atoms with Crippen molar-refractivity contribution < 1.29 is 19.1 Å². The van der Waals surface area contributed by atoms with E-state index in [1.807, 2.05) is 19.9 Å². The summed E-state index contributed by atoms with van der Waals surface area (Å²) < 4.78 is 5.57. The zero-order valence-electron chi connectivity index (χ0n) is 16.9. The molecule has 6 nitrogen and oxygen atoms in total. The molecule has 2 aliphatic heterocycles. The standard InChI is InChI=1S/C20H22N2O4S4/c1-4-26-19(25)16-11(2)12(3)29-17(16)21-15(23)7-8-22-18(24)14(30-20(22)27)10-13-6-5-9-28-13/h6,10H,4-5,7-9H2,1-3H3,(H,21,23)/b14-10-. The van der Waals surface area contributed by atoms with E-state index in [2.05, 4.69) is 11.4 Å². The molecule has 2 amide bonds. The van der Waals surface area contributed by atoms with Crippen LogP contribution < -0.4 is 5.32 Å². The average Bonchev–Trinajstić information content (AvgIpc) is 3.36. The number of ether oxygens (including phenoxy) is 1. The fourth-order valence-corrected chi connectivity index (χ4v) is 6.27. The van der Waals surface area contributed by atoms with Gasteiger partial charge in [-0.05, 0) is 38.8 Å². The number of rotatable bonds is 7. The fraction of sp³-hybridized carbons (Fsp3) is 0.400. The highest BCUT2D eigenvalue weighted by Crippen LogP contribution is 2.36. The minimum Gasteiger partial charge on any atom is -0.462 e. The van der Waals surface area contributed by atoms with Crippen molar-refractivity contribution in [1.29, 1.82) is 0 Å². The summed E-state index contributed by atoms with van der Waals surface area (Å²) in [5.74, 6) is 0.132. The summed E-state index contributed by atoms with van der Waals surface area (Å²) in [6, 6.07) is 0. The van der Waals surface area contributed by atoms with Crippen LogP contribution in [-0.2, 0) is 14.3 Å². The van der Waals surface area contributed by atoms with Crippen molar-refractivity contribution in [2.75, 3.05) is 24.2 Å². The van der Waals surface area contributed by atoms with Gasteiger partial charge in [0, 0.05) is 28.5 Å². The van der Waals surface area contributed by atoms with Crippen LogP contribution in [0.3, 0.4) is 0 Å². The van der Waals surface area contributed by atoms with E-state index in [1.165, 1.54) is 28.0 Å². The molecule has 10 heteroatoms. The van der Waals surface area contributed by atoms with Crippen LogP contribution in [0.4, 0.5) is 5.00 Å². The van der Waals surface area contributed by atoms with E-state index in [-0.39, 0.29) is 31.4 Å². The lowest BCUT2D eigenvalue weighted by Gasteiger charge is -2.14. The second-order valence-electron chi connectivity index (χ2n) is 6.58. The highest BCUT2D eigenvalue weighted by Gasteiger charge is 2.32. The van der Waals surface area contributed by atoms with Crippen LogP contribution in [0.1, 0.15) is 40.6 Å². The Morgan fingerprint density at radius 1 is 1.37 bits per heavy atom. The quantitative estimate of drug-likeness (QED) is 0.345. The van der Waals surface area contributed by atoms with Crippen LogP contribution in [0.5, 0.6) is 0 Å². The second-order valence-corrected chi connectivity index (χ2v) is 10.7. The summed E-state index contributed by atoms with van der Waals surface area (Å²) in [6.07, 6.45) is 5.07. The van der Waals surface area contributed by atoms with Crippen LogP contribution in [0.2, 0.25) is 0 Å². The molecule has 1 aromatic heterocycles. The lowest BCUT2D eigenvalue weighted by Crippen LogP contribution is -2.31. The number of hydrogen-bond donors (Lipinski definition) is 1. The van der Waals surface area contributed by atoms with Crippen molar-refractivity contribution in [1.82, 2.24) is 4.90 Å². The van der Waals surface area contributed by atoms with Crippen LogP contribution in [0.25, 0.3) is 0 Å². The van der Waals surface area contributed by atoms with Crippen molar-refractivity contribution >= 4 is 74.2 Å². The maximum Gasteiger partial charge on any atom is 0.341 e. The summed E-state index contributed by atoms with van der Waals surface area (Å²) in [4.78, 5) is 41.5. The second kappa shape index (κ2) is 10.1. The number of thiophene rings is 1. The van der Waals surface area contributed by atoms with Crippen molar-refractivity contribution in [3.8, 4) is 0 Å². The SMILES string of the molecule is CCOC(=O)c1c(NC(=O)CCN2C(=O)/C(=C/C3=CCCS3)SC2=S)sc(C)c1C. The molecule has 0 unspecified atom stereocenters. The third-order valence-electron chi connectivity index (χ3n) is 4.56. The molecular weight excluding hydrogens is 460 g/mol. The topological polar surface area (TPSA) is 75.7 Å². The third kappa shape index (κ3) is 5.16. The van der Waals surface area contributed by atoms with Crippen LogP contribution in [0.15, 0.2) is 22.0 Å². The molecule has 2 aliphatic rings. The van der Waals surface area contributed by atoms with Gasteiger partial charge in [-0.15, -0.1) is 23.1 Å². The monoisotopic (exact) mass is 482 g/mol. The van der Waals surface area contributed by atoms with Crippen LogP contribution in [-0.4, -0.2) is 45.9 Å². The number of carbonyl (C=O) groups excluding carboxylic acids is 3. The molecule has 0 saturated carbocycles. The number of aryl methyl sites for hydroxylation is 1. The number of thiocarbonyl (C=S) groups is 1. The Kier molecular flexibility index (Phi) is 7.78. The lowest BCUT2D eigenvalue weighted by molar-refractivity contribution is -0.122. The highest BCUT2D eigenvalue weighted by atomic mass is 32.2. The number of thioether (sulfide) groups is 2. The van der Waals surface area contributed by atoms with Crippen molar-refractivity contribution in [2.24, 2.45) is 0 Å². The van der Waals surface area contributed by atoms with Gasteiger partial charge in [-0.25, -0.2) is 4.79 Å². The number of carbonyl (C=O) groups is 3. The predicted molar refractivity (Wildman–Crippen MR) is 128 cm³/mol. The van der Waals surface area contributed by atoms with Crippen molar-refractivity contribution in [3.05, 3.63) is 38.0 Å². The Hall–Kier alpha value is -1.62. The summed E-state index contributed by atoms with van der Waals surface area (Å²) in [5.41, 5.74) is 1.19. The van der Waals surface area contributed by atoms with Crippen LogP contribution in [0, 0.1) is 13.8 Å². The molecule has 0 aromatic carbocycles. The van der Waals surface area contributed by atoms with Gasteiger partial charge in [-0.2, -0.15) is 0 Å². The van der Waals surface area contributed by atoms with Gasteiger partial charge in [0.15, 0.2) is 0 Å². The van der Waals surface area contributed by atoms with Gasteiger partial charge in [0.05, 0.1) is 17.1 Å². The number of allylic oxidation sites excluding steroid dienone is 2. The van der Waals surface area contributed by atoms with E-state index in [9.17, 15) is 14.4 Å². The summed E-state index contributed by atoms with van der Waals surface area (Å²) in [6.45, 7) is 5.92. The molecule has 160 valence electrons. The van der Waals surface area contributed by atoms with E-state index >= 15 is 0 Å². The first kappa shape index (κ1) is 23.1. The van der Waals surface area contributed by atoms with Crippen molar-refractivity contribution in [3.63, 3.8) is 0 Å². The average molecular weight is 483 g/mol. The van der Waals surface area contributed by atoms with Gasteiger partial charge in [-0.3, -0.25) is 14.5 Å². The first-order chi connectivity index (χ1) is 14.3. The van der Waals surface area contributed by atoms with Gasteiger partial charge in [-0.1, -0.05) is 30.1 Å². The summed E-state index contributed by atoms with van der Waals surface area (Å²) in [7, 11) is 0. The smallest absolute Gasteiger partial charge is 0.341 e. The van der Waals surface area contributed by atoms with Gasteiger partial charge >= 0.3 is 5.97 Å². The number of nitrogens with one attached hydrogen (secondary N) is 1. The molecule has 0 radical (unpaired) electrons. The van der Waals surface area contributed by atoms with Gasteiger partial charge in [0.1, 0.15) is 9.32 Å². The minimum atomic E-state index is -0.448. The summed E-state index contributed by atoms with van der Waals surface area (Å²) >= 11 is 9.66. The first-order valence-electron chi connectivity index (χ1n) is 9.47. The van der Waals surface area contributed by atoms with Gasteiger partial charge in [0.25, 0.3) is 5.91 Å². The highest BCUT2D eigenvalue weighted by molar-refractivity contribution is 8.26. The number of esters is 1. The molecule has 1 aromatic rings. The van der Waals surface area contributed by atoms with Gasteiger partial charge < -0.3 is 10.1 Å². The zero-order valence-corrected chi connectivity index (χ0v) is 20.2. The normalized spacial score (nSPS) is 17.6. The molecule has 0 atom stereocenters. The molecule has 1 saturated heterocycles. The fourth-order valence-electron chi connectivity index (χ4n) is 2.93. The third-order valence-corrected chi connectivity index (χ3v) is 8.12. The molecule has 30 heavy (non-hydrogen) atoms. The Balaban J connectivity index is 1.63. The Morgan fingerprint density at radius 2 is 2.13 bits per heavy atom. The van der Waals surface area contributed by atoms with E-state index in [4.69, 9.17) is 17.0 Å². The maximum atomic E-state index is 12.7. The number of hydrogen-bond acceptors (Lipinski definition) is 8. The van der Waals surface area contributed by atoms with E-state index in [0.29, 0.717) is 19.8 Å². The molecule has 3 heterocycles. The number of anilines is 1. The van der Waals surface area contributed by atoms with Crippen molar-refractivity contribution in [2.45, 2.75) is 33.6 Å². The lowest BCUT2D eigenvalue weighted by atomic mass is 10.1. The molecule has 0 aliphatic carbocycles. The predicted octanol–water partition coefficient (Wildman–Crippen LogP) is 4.64. The zero-order chi connectivity index (χ0) is 21.8. The molecule has 1 N–H and O–H groups in total. The molecule has 3 rings (SSSR count). The number of nitrogens with zero attached hydrogens (tertiary/aromatic N) is 1. The molecule has 0 bridgehead atoms. The molecular formula is C20H22N2O4S4. The Morgan fingerprint density at radius 3 is 2.80 bits per heavy atom. The Labute approximate surface area is 193 Å². The molecule has 1 fully saturated rings. The van der Waals surface area contributed by atoms with E-state index in [1.54, 1.807) is 18.7 Å². The van der Waals surface area contributed by atoms with E-state index in [0.717, 1.165) is 27.5 Å². The number of amides is 2. The Bertz CT molecular complexity index is 964.